The maximum atomic E-state index is 11.7. The molecule has 2 aromatic carbocycles. The summed E-state index contributed by atoms with van der Waals surface area (Å²) < 4.78 is 15.5. The topological polar surface area (TPSA) is 219 Å². The van der Waals surface area contributed by atoms with Gasteiger partial charge in [0, 0.05) is 74.2 Å². The van der Waals surface area contributed by atoms with E-state index in [9.17, 15) is 4.79 Å². The van der Waals surface area contributed by atoms with Crippen molar-refractivity contribution in [3.05, 3.63) is 85.2 Å². The third-order valence-electron chi connectivity index (χ3n) is 9.28. The zero-order chi connectivity index (χ0) is 41.2. The third-order valence-corrected chi connectivity index (χ3v) is 9.28. The van der Waals surface area contributed by atoms with Crippen LogP contribution in [-0.4, -0.2) is 122 Å². The van der Waals surface area contributed by atoms with Crippen molar-refractivity contribution < 1.29 is 24.5 Å². The first-order valence-corrected chi connectivity index (χ1v) is 19.5. The van der Waals surface area contributed by atoms with Gasteiger partial charge in [-0.05, 0) is 100 Å². The van der Waals surface area contributed by atoms with Gasteiger partial charge >= 0.3 is 6.03 Å². The van der Waals surface area contributed by atoms with Crippen LogP contribution in [0.25, 0.3) is 33.8 Å². The van der Waals surface area contributed by atoms with Crippen molar-refractivity contribution in [1.29, 1.82) is 0 Å². The molecule has 0 spiro atoms. The molecule has 308 valence electrons. The molecule has 0 radical (unpaired) electrons. The van der Waals surface area contributed by atoms with E-state index in [2.05, 4.69) is 58.3 Å². The molecule has 4 atom stereocenters. The molecule has 6 aromatic rings. The van der Waals surface area contributed by atoms with Crippen LogP contribution in [0.5, 0.6) is 0 Å². The molecule has 0 saturated carbocycles. The van der Waals surface area contributed by atoms with Crippen LogP contribution in [0.15, 0.2) is 85.2 Å². The Balaban J connectivity index is 0.000000183. The highest BCUT2D eigenvalue weighted by Crippen LogP contribution is 2.29. The number of hydrogen-bond donors (Lipinski definition) is 6. The monoisotopic (exact) mass is 794 g/mol. The number of aromatic nitrogens is 6. The maximum Gasteiger partial charge on any atom is 0.319 e. The second-order valence-electron chi connectivity index (χ2n) is 14.3. The van der Waals surface area contributed by atoms with Gasteiger partial charge in [0.1, 0.15) is 11.0 Å². The van der Waals surface area contributed by atoms with Crippen molar-refractivity contribution in [2.45, 2.75) is 52.1 Å². The summed E-state index contributed by atoms with van der Waals surface area (Å²) in [6, 6.07) is 22.7. The Morgan fingerprint density at radius 3 is 1.55 bits per heavy atom. The minimum atomic E-state index is -0.361. The number of carbonyl (C=O) groups is 1. The summed E-state index contributed by atoms with van der Waals surface area (Å²) in [5.41, 5.74) is 15.7. The van der Waals surface area contributed by atoms with Gasteiger partial charge in [-0.2, -0.15) is 0 Å². The number of ether oxygens (including phenoxy) is 2. The summed E-state index contributed by atoms with van der Waals surface area (Å²) in [6.07, 6.45) is 4.49. The van der Waals surface area contributed by atoms with Gasteiger partial charge in [-0.25, -0.2) is 23.8 Å². The third kappa shape index (κ3) is 10.6. The first kappa shape index (κ1) is 41.8. The van der Waals surface area contributed by atoms with Crippen LogP contribution in [-0.2, 0) is 9.47 Å². The number of hydrogen-bond acceptors (Lipinski definition) is 13. The molecule has 2 amide bonds. The number of aliphatic hydroxyl groups excluding tert-OH is 2. The Morgan fingerprint density at radius 2 is 1.14 bits per heavy atom. The van der Waals surface area contributed by atoms with E-state index in [0.29, 0.717) is 23.9 Å². The highest BCUT2D eigenvalue weighted by atomic mass is 16.5. The number of nitrogen functional groups attached to an aromatic ring is 1. The SMILES string of the molecule is C[C@@H]1CN(c2nc(-c3ccc(N)cc3)nn3cccc23)C[C@H](C)O1.C[C@@H]1CN(c2nc(-c3ccc(NC(=O)NCCO)cc3)nn3cccc23)C[C@H](C)O1.NCCO. The quantitative estimate of drug-likeness (QED) is 0.121. The largest absolute Gasteiger partial charge is 0.399 e. The van der Waals surface area contributed by atoms with Gasteiger partial charge in [0.05, 0.1) is 37.6 Å². The van der Waals surface area contributed by atoms with Crippen LogP contribution < -0.4 is 31.9 Å². The van der Waals surface area contributed by atoms with Gasteiger partial charge in [-0.1, -0.05) is 0 Å². The molecule has 0 aliphatic carbocycles. The van der Waals surface area contributed by atoms with Crippen LogP contribution in [0, 0.1) is 0 Å². The fourth-order valence-corrected chi connectivity index (χ4v) is 6.93. The minimum Gasteiger partial charge on any atom is -0.399 e. The highest BCUT2D eigenvalue weighted by molar-refractivity contribution is 5.89. The van der Waals surface area contributed by atoms with E-state index in [-0.39, 0.29) is 50.2 Å². The van der Waals surface area contributed by atoms with Crippen molar-refractivity contribution in [1.82, 2.24) is 34.5 Å². The van der Waals surface area contributed by atoms with E-state index in [1.54, 1.807) is 12.1 Å². The summed E-state index contributed by atoms with van der Waals surface area (Å²) in [7, 11) is 0. The second-order valence-corrected chi connectivity index (χ2v) is 14.3. The molecule has 6 heterocycles. The number of benzene rings is 2. The van der Waals surface area contributed by atoms with Gasteiger partial charge in [-0.3, -0.25) is 0 Å². The Labute approximate surface area is 337 Å². The number of nitrogens with two attached hydrogens (primary N) is 2. The number of carbonyl (C=O) groups excluding carboxylic acids is 1. The maximum absolute atomic E-state index is 11.7. The molecule has 8 rings (SSSR count). The number of urea groups is 1. The summed E-state index contributed by atoms with van der Waals surface area (Å²) in [5, 5.41) is 31.1. The Kier molecular flexibility index (Phi) is 14.1. The Bertz CT molecular complexity index is 2210. The van der Waals surface area contributed by atoms with Crippen molar-refractivity contribution in [2.24, 2.45) is 5.73 Å². The van der Waals surface area contributed by atoms with Gasteiger partial charge in [-0.15, -0.1) is 10.2 Å². The number of anilines is 4. The van der Waals surface area contributed by atoms with E-state index in [1.807, 2.05) is 82.1 Å². The predicted octanol–water partition coefficient (Wildman–Crippen LogP) is 3.65. The average molecular weight is 795 g/mol. The molecule has 0 unspecified atom stereocenters. The van der Waals surface area contributed by atoms with Gasteiger partial charge in [0.2, 0.25) is 0 Å². The molecule has 2 saturated heterocycles. The number of morpholine rings is 2. The second kappa shape index (κ2) is 19.5. The number of fused-ring (bicyclic) bond motifs is 2. The van der Waals surface area contributed by atoms with Crippen LogP contribution >= 0.6 is 0 Å². The number of amides is 2. The number of nitrogens with one attached hydrogen (secondary N) is 2. The Hall–Kier alpha value is -5.85. The molecular weight excluding hydrogens is 741 g/mol. The van der Waals surface area contributed by atoms with E-state index >= 15 is 0 Å². The number of rotatable bonds is 8. The molecule has 8 N–H and O–H groups in total. The smallest absolute Gasteiger partial charge is 0.319 e. The summed E-state index contributed by atoms with van der Waals surface area (Å²) in [4.78, 5) is 26.0. The molecule has 2 fully saturated rings. The van der Waals surface area contributed by atoms with Gasteiger partial charge in [0.15, 0.2) is 23.3 Å². The first-order chi connectivity index (χ1) is 28.0. The standard InChI is InChI=1S/C21H26N6O3.C18H21N5O.C2H7NO/c1-14-12-26(13-15(2)30-14)20-18-4-3-10-27(18)25-19(24-20)16-5-7-17(8-6-16)23-21(29)22-9-11-28;1-12-10-22(11-13(2)24-12)18-16-4-3-9-23(16)21-17(20-18)14-5-7-15(19)8-6-14;3-1-2-4/h3-8,10,14-15,28H,9,11-13H2,1-2H3,(H2,22,23,29);3-9,12-13H,10-11,19H2,1-2H3;4H,1-3H2/t14-,15+;12-,13+;. The van der Waals surface area contributed by atoms with Crippen LogP contribution in [0.4, 0.5) is 27.8 Å². The van der Waals surface area contributed by atoms with Crippen molar-refractivity contribution >= 4 is 40.1 Å². The number of aliphatic hydroxyl groups is 2. The lowest BCUT2D eigenvalue weighted by atomic mass is 10.2. The van der Waals surface area contributed by atoms with Crippen molar-refractivity contribution in [3.63, 3.8) is 0 Å². The van der Waals surface area contributed by atoms with E-state index in [1.165, 1.54) is 0 Å². The van der Waals surface area contributed by atoms with Gasteiger partial charge in [0.25, 0.3) is 0 Å². The molecule has 58 heavy (non-hydrogen) atoms. The summed E-state index contributed by atoms with van der Waals surface area (Å²) >= 11 is 0. The fraction of sp³-hybridized carbons (Fsp3) is 0.390. The molecule has 17 heteroatoms. The van der Waals surface area contributed by atoms with Crippen LogP contribution in [0.1, 0.15) is 27.7 Å². The first-order valence-electron chi connectivity index (χ1n) is 19.5. The molecule has 2 aliphatic heterocycles. The van der Waals surface area contributed by atoms with Crippen LogP contribution in [0.2, 0.25) is 0 Å². The normalized spacial score (nSPS) is 19.2. The van der Waals surface area contributed by atoms with E-state index in [0.717, 1.165) is 65.7 Å². The molecular formula is C41H54N12O5. The molecule has 0 bridgehead atoms. The van der Waals surface area contributed by atoms with E-state index in [4.69, 9.17) is 41.1 Å². The zero-order valence-electron chi connectivity index (χ0n) is 33.4. The predicted molar refractivity (Wildman–Crippen MR) is 226 cm³/mol. The zero-order valence-corrected chi connectivity index (χ0v) is 33.4. The molecule has 17 nitrogen and oxygen atoms in total. The van der Waals surface area contributed by atoms with Crippen LogP contribution in [0.3, 0.4) is 0 Å². The minimum absolute atomic E-state index is 0.0972. The van der Waals surface area contributed by atoms with Gasteiger partial charge < -0.3 is 51.6 Å². The lowest BCUT2D eigenvalue weighted by Gasteiger charge is -2.36. The van der Waals surface area contributed by atoms with Crippen molar-refractivity contribution in [2.75, 3.05) is 73.3 Å². The Morgan fingerprint density at radius 1 is 0.707 bits per heavy atom. The lowest BCUT2D eigenvalue weighted by molar-refractivity contribution is -0.00565. The van der Waals surface area contributed by atoms with E-state index < -0.39 is 0 Å². The van der Waals surface area contributed by atoms with Crippen molar-refractivity contribution in [3.8, 4) is 22.8 Å². The molecule has 2 aliphatic rings. The average Bonchev–Trinajstić information content (AvgIpc) is 3.90. The fourth-order valence-electron chi connectivity index (χ4n) is 6.93. The lowest BCUT2D eigenvalue weighted by Crippen LogP contribution is -2.46. The number of nitrogens with zero attached hydrogens (tertiary/aromatic N) is 8. The highest BCUT2D eigenvalue weighted by Gasteiger charge is 2.27. The summed E-state index contributed by atoms with van der Waals surface area (Å²) in [6.45, 7) is 12.1. The molecule has 4 aromatic heterocycles. The summed E-state index contributed by atoms with van der Waals surface area (Å²) in [5.74, 6) is 3.14.